The van der Waals surface area contributed by atoms with E-state index < -0.39 is 6.10 Å². The Hall–Kier alpha value is -1.66. The van der Waals surface area contributed by atoms with E-state index in [4.69, 9.17) is 15.2 Å². The topological polar surface area (TPSA) is 64.8 Å². The van der Waals surface area contributed by atoms with Gasteiger partial charge in [-0.15, -0.1) is 11.8 Å². The Morgan fingerprint density at radius 3 is 2.92 bits per heavy atom. The van der Waals surface area contributed by atoms with Crippen LogP contribution >= 0.6 is 11.8 Å². The molecule has 5 nitrogen and oxygen atoms in total. The Labute approximate surface area is 152 Å². The van der Waals surface area contributed by atoms with Gasteiger partial charge in [0.25, 0.3) is 0 Å². The van der Waals surface area contributed by atoms with Crippen molar-refractivity contribution >= 4 is 17.5 Å². The molecule has 2 N–H and O–H groups in total. The maximum Gasteiger partial charge on any atom is 0.206 e. The number of fused-ring (bicyclic) bond motifs is 1. The highest BCUT2D eigenvalue weighted by atomic mass is 32.2. The summed E-state index contributed by atoms with van der Waals surface area (Å²) < 4.78 is 11.5. The van der Waals surface area contributed by atoms with Gasteiger partial charge in [0.05, 0.1) is 17.0 Å². The maximum absolute atomic E-state index is 12.1. The van der Waals surface area contributed by atoms with Crippen molar-refractivity contribution in [1.29, 1.82) is 0 Å². The SMILES string of the molecule is CC1=C(COc2ccc3c(c2)C(=O)C(C)O3)SCN1C1(CN)CCC1. The van der Waals surface area contributed by atoms with Crippen molar-refractivity contribution < 1.29 is 14.3 Å². The highest BCUT2D eigenvalue weighted by Gasteiger charge is 2.43. The minimum atomic E-state index is -0.399. The van der Waals surface area contributed by atoms with Gasteiger partial charge in [0.2, 0.25) is 5.78 Å². The molecule has 0 spiro atoms. The molecule has 0 aromatic heterocycles. The average Bonchev–Trinajstić information content (AvgIpc) is 3.07. The molecule has 2 heterocycles. The summed E-state index contributed by atoms with van der Waals surface area (Å²) in [6.45, 7) is 5.17. The zero-order chi connectivity index (χ0) is 17.6. The van der Waals surface area contributed by atoms with Crippen LogP contribution in [-0.2, 0) is 0 Å². The minimum absolute atomic E-state index is 0.0205. The number of carbonyl (C=O) groups is 1. The summed E-state index contributed by atoms with van der Waals surface area (Å²) in [7, 11) is 0. The molecule has 1 fully saturated rings. The lowest BCUT2D eigenvalue weighted by Crippen LogP contribution is -2.56. The summed E-state index contributed by atoms with van der Waals surface area (Å²) in [6, 6.07) is 5.48. The number of nitrogens with two attached hydrogens (primary N) is 1. The molecule has 3 aliphatic rings. The number of allylic oxidation sites excluding steroid dienone is 1. The maximum atomic E-state index is 12.1. The fourth-order valence-electron chi connectivity index (χ4n) is 3.81. The van der Waals surface area contributed by atoms with Crippen LogP contribution in [0.3, 0.4) is 0 Å². The van der Waals surface area contributed by atoms with Gasteiger partial charge >= 0.3 is 0 Å². The summed E-state index contributed by atoms with van der Waals surface area (Å²) in [5.41, 5.74) is 8.11. The molecule has 6 heteroatoms. The van der Waals surface area contributed by atoms with E-state index in [1.165, 1.54) is 29.9 Å². The molecule has 2 aliphatic heterocycles. The van der Waals surface area contributed by atoms with E-state index in [1.807, 2.05) is 23.9 Å². The molecular weight excluding hydrogens is 336 g/mol. The Morgan fingerprint density at radius 2 is 2.24 bits per heavy atom. The molecule has 0 amide bonds. The lowest BCUT2D eigenvalue weighted by Gasteiger charge is -2.49. The van der Waals surface area contributed by atoms with Crippen molar-refractivity contribution in [1.82, 2.24) is 4.90 Å². The number of rotatable bonds is 5. The highest BCUT2D eigenvalue weighted by Crippen LogP contribution is 2.45. The van der Waals surface area contributed by atoms with Crippen molar-refractivity contribution in [2.24, 2.45) is 5.73 Å². The molecule has 0 radical (unpaired) electrons. The predicted molar refractivity (Wildman–Crippen MR) is 99.0 cm³/mol. The fraction of sp³-hybridized carbons (Fsp3) is 0.526. The number of hydrogen-bond acceptors (Lipinski definition) is 6. The lowest BCUT2D eigenvalue weighted by atomic mass is 9.75. The van der Waals surface area contributed by atoms with Crippen LogP contribution < -0.4 is 15.2 Å². The Bertz CT molecular complexity index is 737. The Balaban J connectivity index is 1.45. The zero-order valence-corrected chi connectivity index (χ0v) is 15.5. The number of benzene rings is 1. The number of nitrogens with zero attached hydrogens (tertiary/aromatic N) is 1. The molecule has 0 bridgehead atoms. The number of carbonyl (C=O) groups excluding carboxylic acids is 1. The van der Waals surface area contributed by atoms with Crippen molar-refractivity contribution in [3.8, 4) is 11.5 Å². The predicted octanol–water partition coefficient (Wildman–Crippen LogP) is 3.15. The molecular formula is C19H24N2O3S. The van der Waals surface area contributed by atoms with Crippen LogP contribution in [0.5, 0.6) is 11.5 Å². The number of ketones is 1. The number of Topliss-reactive ketones (excluding diaryl/α,β-unsaturated/α-hetero) is 1. The molecule has 0 saturated heterocycles. The Morgan fingerprint density at radius 1 is 1.44 bits per heavy atom. The van der Waals surface area contributed by atoms with Crippen LogP contribution in [0.25, 0.3) is 0 Å². The van der Waals surface area contributed by atoms with Gasteiger partial charge < -0.3 is 20.1 Å². The molecule has 1 aromatic carbocycles. The van der Waals surface area contributed by atoms with Gasteiger partial charge in [-0.25, -0.2) is 0 Å². The standard InChI is InChI=1S/C19H24N2O3S/c1-12-17(25-11-21(12)19(10-20)6-3-7-19)9-23-14-4-5-16-15(8-14)18(22)13(2)24-16/h4-5,8,13H,3,6-7,9-11,20H2,1-2H3. The van der Waals surface area contributed by atoms with Gasteiger partial charge in [-0.1, -0.05) is 0 Å². The number of thioether (sulfide) groups is 1. The van der Waals surface area contributed by atoms with E-state index in [0.717, 1.165) is 5.88 Å². The first-order valence-electron chi connectivity index (χ1n) is 8.82. The highest BCUT2D eigenvalue weighted by molar-refractivity contribution is 8.03. The average molecular weight is 360 g/mol. The van der Waals surface area contributed by atoms with E-state index in [2.05, 4.69) is 11.8 Å². The third kappa shape index (κ3) is 2.72. The zero-order valence-electron chi connectivity index (χ0n) is 14.7. The van der Waals surface area contributed by atoms with E-state index in [0.29, 0.717) is 30.2 Å². The molecule has 4 rings (SSSR count). The lowest BCUT2D eigenvalue weighted by molar-refractivity contribution is 0.0723. The largest absolute Gasteiger partial charge is 0.488 e. The van der Waals surface area contributed by atoms with Crippen molar-refractivity contribution in [3.05, 3.63) is 34.4 Å². The van der Waals surface area contributed by atoms with Crippen LogP contribution in [-0.4, -0.2) is 41.4 Å². The second kappa shape index (κ2) is 6.25. The van der Waals surface area contributed by atoms with Crippen LogP contribution in [0.2, 0.25) is 0 Å². The van der Waals surface area contributed by atoms with Gasteiger partial charge in [0, 0.05) is 17.1 Å². The summed E-state index contributed by atoms with van der Waals surface area (Å²) in [5, 5.41) is 0. The molecule has 1 atom stereocenters. The number of hydrogen-bond donors (Lipinski definition) is 1. The first-order valence-corrected chi connectivity index (χ1v) is 9.81. The second-order valence-corrected chi connectivity index (χ2v) is 8.10. The second-order valence-electron chi connectivity index (χ2n) is 7.06. The van der Waals surface area contributed by atoms with Crippen LogP contribution in [0.1, 0.15) is 43.5 Å². The quantitative estimate of drug-likeness (QED) is 0.870. The summed E-state index contributed by atoms with van der Waals surface area (Å²) in [6.07, 6.45) is 3.23. The monoisotopic (exact) mass is 360 g/mol. The van der Waals surface area contributed by atoms with E-state index in [1.54, 1.807) is 13.0 Å². The molecule has 1 saturated carbocycles. The molecule has 1 aliphatic carbocycles. The van der Waals surface area contributed by atoms with Gasteiger partial charge in [-0.2, -0.15) is 0 Å². The van der Waals surface area contributed by atoms with Crippen molar-refractivity contribution in [2.45, 2.75) is 44.8 Å². The normalized spacial score (nSPS) is 24.2. The van der Waals surface area contributed by atoms with Crippen LogP contribution in [0, 0.1) is 0 Å². The van der Waals surface area contributed by atoms with E-state index in [-0.39, 0.29) is 11.3 Å². The van der Waals surface area contributed by atoms with E-state index in [9.17, 15) is 4.79 Å². The third-order valence-corrected chi connectivity index (χ3v) is 6.82. The van der Waals surface area contributed by atoms with E-state index >= 15 is 0 Å². The summed E-state index contributed by atoms with van der Waals surface area (Å²) in [4.78, 5) is 15.8. The smallest absolute Gasteiger partial charge is 0.206 e. The molecule has 1 aromatic rings. The third-order valence-electron chi connectivity index (χ3n) is 5.67. The summed E-state index contributed by atoms with van der Waals surface area (Å²) in [5.74, 6) is 2.33. The van der Waals surface area contributed by atoms with Crippen LogP contribution in [0.4, 0.5) is 0 Å². The van der Waals surface area contributed by atoms with Gasteiger partial charge in [0.1, 0.15) is 18.1 Å². The summed E-state index contributed by atoms with van der Waals surface area (Å²) >= 11 is 1.83. The van der Waals surface area contributed by atoms with Crippen molar-refractivity contribution in [3.63, 3.8) is 0 Å². The van der Waals surface area contributed by atoms with Gasteiger partial charge in [0.15, 0.2) is 6.10 Å². The number of ether oxygens (including phenoxy) is 2. The molecule has 25 heavy (non-hydrogen) atoms. The molecule has 1 unspecified atom stereocenters. The van der Waals surface area contributed by atoms with Crippen molar-refractivity contribution in [2.75, 3.05) is 19.0 Å². The van der Waals surface area contributed by atoms with Gasteiger partial charge in [-0.05, 0) is 51.3 Å². The molecule has 134 valence electrons. The first-order chi connectivity index (χ1) is 12.0. The fourth-order valence-corrected chi connectivity index (χ4v) is 5.02. The van der Waals surface area contributed by atoms with Crippen LogP contribution in [0.15, 0.2) is 28.8 Å². The minimum Gasteiger partial charge on any atom is -0.488 e. The van der Waals surface area contributed by atoms with Gasteiger partial charge in [-0.3, -0.25) is 4.79 Å². The Kier molecular flexibility index (Phi) is 4.20. The first kappa shape index (κ1) is 16.8.